The van der Waals surface area contributed by atoms with Crippen LogP contribution in [0.2, 0.25) is 0 Å². The second-order valence-corrected chi connectivity index (χ2v) is 14.2. The van der Waals surface area contributed by atoms with Crippen molar-refractivity contribution in [2.24, 2.45) is 0 Å². The molecule has 2 aromatic heterocycles. The lowest BCUT2D eigenvalue weighted by molar-refractivity contribution is -0.137. The van der Waals surface area contributed by atoms with Gasteiger partial charge < -0.3 is 20.9 Å². The van der Waals surface area contributed by atoms with Crippen LogP contribution in [-0.2, 0) is 27.3 Å². The normalized spacial score (nSPS) is 15.9. The van der Waals surface area contributed by atoms with Gasteiger partial charge in [-0.1, -0.05) is 50.0 Å². The molecule has 0 bridgehead atoms. The zero-order valence-electron chi connectivity index (χ0n) is 32.8. The number of alkyl halides is 3. The van der Waals surface area contributed by atoms with Crippen molar-refractivity contribution < 1.29 is 37.1 Å². The van der Waals surface area contributed by atoms with Crippen molar-refractivity contribution in [3.8, 4) is 34.2 Å². The molecule has 60 heavy (non-hydrogen) atoms. The highest BCUT2D eigenvalue weighted by atomic mass is 19.4. The molecule has 1 atom stereocenters. The van der Waals surface area contributed by atoms with E-state index in [1.54, 1.807) is 48.7 Å². The van der Waals surface area contributed by atoms with Crippen molar-refractivity contribution in [1.82, 2.24) is 25.5 Å². The van der Waals surface area contributed by atoms with Crippen LogP contribution in [0.1, 0.15) is 77.1 Å². The third-order valence-electron chi connectivity index (χ3n) is 10.2. The van der Waals surface area contributed by atoms with Gasteiger partial charge in [0.2, 0.25) is 17.7 Å². The fraction of sp³-hybridized carbons (Fsp3) is 0.267. The third kappa shape index (κ3) is 8.82. The Morgan fingerprint density at radius 1 is 0.900 bits per heavy atom. The summed E-state index contributed by atoms with van der Waals surface area (Å²) in [6.07, 6.45) is -1.48. The van der Waals surface area contributed by atoms with E-state index in [2.05, 4.69) is 43.1 Å². The Morgan fingerprint density at radius 2 is 1.68 bits per heavy atom. The molecule has 5 aromatic rings. The van der Waals surface area contributed by atoms with E-state index >= 15 is 0 Å². The van der Waals surface area contributed by atoms with E-state index in [9.17, 15) is 37.1 Å². The van der Waals surface area contributed by atoms with Crippen LogP contribution in [0.3, 0.4) is 0 Å². The molecule has 0 spiro atoms. The first-order valence-electron chi connectivity index (χ1n) is 19.6. The number of amides is 5. The van der Waals surface area contributed by atoms with E-state index < -0.39 is 30.5 Å². The predicted octanol–water partition coefficient (Wildman–Crippen LogP) is 6.78. The first-order chi connectivity index (χ1) is 28.9. The quantitative estimate of drug-likeness (QED) is 0.0794. The zero-order chi connectivity index (χ0) is 42.6. The number of carbonyl (C=O) groups is 5. The maximum absolute atomic E-state index is 13.5. The van der Waals surface area contributed by atoms with Crippen LogP contribution in [0.4, 0.5) is 24.5 Å². The smallest absolute Gasteiger partial charge is 0.382 e. The first-order valence-corrected chi connectivity index (χ1v) is 19.6. The van der Waals surface area contributed by atoms with Crippen molar-refractivity contribution in [2.75, 3.05) is 23.7 Å². The number of fused-ring (bicyclic) bond motifs is 3. The molecule has 306 valence electrons. The number of rotatable bonds is 7. The topological polar surface area (TPSA) is 162 Å². The molecule has 3 aliphatic rings. The van der Waals surface area contributed by atoms with Crippen LogP contribution in [0.5, 0.6) is 0 Å². The molecule has 4 N–H and O–H groups in total. The van der Waals surface area contributed by atoms with Gasteiger partial charge in [0.15, 0.2) is 0 Å². The van der Waals surface area contributed by atoms with E-state index in [-0.39, 0.29) is 61.3 Å². The molecule has 1 fully saturated rings. The van der Waals surface area contributed by atoms with Gasteiger partial charge in [-0.25, -0.2) is 0 Å². The molecule has 0 saturated carbocycles. The highest BCUT2D eigenvalue weighted by molar-refractivity contribution is 6.07. The number of imide groups is 1. The zero-order valence-corrected chi connectivity index (χ0v) is 32.8. The summed E-state index contributed by atoms with van der Waals surface area (Å²) in [5.74, 6) is 4.33. The Morgan fingerprint density at radius 3 is 2.45 bits per heavy atom. The van der Waals surface area contributed by atoms with Gasteiger partial charge in [-0.05, 0) is 71.0 Å². The van der Waals surface area contributed by atoms with Gasteiger partial charge >= 0.3 is 6.18 Å². The average Bonchev–Trinajstić information content (AvgIpc) is 3.44. The van der Waals surface area contributed by atoms with Gasteiger partial charge in [0, 0.05) is 78.9 Å². The predicted molar refractivity (Wildman–Crippen MR) is 220 cm³/mol. The van der Waals surface area contributed by atoms with Crippen LogP contribution in [0, 0.1) is 11.8 Å². The lowest BCUT2D eigenvalue weighted by atomic mass is 9.94. The van der Waals surface area contributed by atoms with E-state index in [1.807, 2.05) is 26.0 Å². The number of benzene rings is 3. The Labute approximate surface area is 343 Å². The maximum Gasteiger partial charge on any atom is 0.393 e. The van der Waals surface area contributed by atoms with Crippen molar-refractivity contribution >= 4 is 51.7 Å². The maximum atomic E-state index is 13.5. The summed E-state index contributed by atoms with van der Waals surface area (Å²) in [6.45, 7) is 4.77. The summed E-state index contributed by atoms with van der Waals surface area (Å²) in [6, 6.07) is 18.0. The Kier molecular flexibility index (Phi) is 11.9. The summed E-state index contributed by atoms with van der Waals surface area (Å²) < 4.78 is 40.4. The molecule has 3 aromatic carbocycles. The SMILES string of the molecule is CC.O=C1CCC(N2Cc3c(C#CCCNC(=O)c4ccc(-c5cc6cccc(-c7cc(CC(F)(F)F)cc8c7NCCC(=O)N8)c6cn5)cn4)cccc3C2=O)C(=O)N1. The molecule has 15 heteroatoms. The van der Waals surface area contributed by atoms with Gasteiger partial charge in [0.05, 0.1) is 23.5 Å². The highest BCUT2D eigenvalue weighted by Gasteiger charge is 2.39. The van der Waals surface area contributed by atoms with E-state index in [1.165, 1.54) is 23.2 Å². The summed E-state index contributed by atoms with van der Waals surface area (Å²) >= 11 is 0. The van der Waals surface area contributed by atoms with Crippen molar-refractivity contribution in [3.05, 3.63) is 107 Å². The number of carbonyl (C=O) groups excluding carboxylic acids is 5. The molecule has 3 aliphatic heterocycles. The molecule has 5 amide bonds. The minimum atomic E-state index is -4.44. The molecule has 1 unspecified atom stereocenters. The van der Waals surface area contributed by atoms with Crippen LogP contribution in [0.25, 0.3) is 33.2 Å². The minimum Gasteiger partial charge on any atom is -0.382 e. The van der Waals surface area contributed by atoms with E-state index in [0.717, 1.165) is 10.9 Å². The van der Waals surface area contributed by atoms with Crippen LogP contribution < -0.4 is 21.3 Å². The number of hydrogen-bond acceptors (Lipinski definition) is 8. The molecule has 1 saturated heterocycles. The van der Waals surface area contributed by atoms with Gasteiger partial charge in [-0.2, -0.15) is 13.2 Å². The standard InChI is InChI=1S/C43H34F3N7O5.C2H6/c44-43(45,46)20-24-17-30(39-35(18-24)51-38(55)14-16-47-39)28-8-4-7-26-19-34(50-22-31(26)28)27-10-11-33(49-21-27)40(56)48-15-2-1-5-25-6-3-9-29-32(25)23-53(42(29)58)36-12-13-37(54)52-41(36)57;1-2/h3-4,6-11,17-19,21-22,36,47H,2,12-16,20,23H2,(H,48,56)(H,51,55)(H,52,54,57);1-2H3. The third-order valence-corrected chi connectivity index (χ3v) is 10.2. The molecule has 8 rings (SSSR count). The summed E-state index contributed by atoms with van der Waals surface area (Å²) in [7, 11) is 0. The second kappa shape index (κ2) is 17.4. The Bertz CT molecular complexity index is 2600. The van der Waals surface area contributed by atoms with Crippen LogP contribution in [-0.4, -0.2) is 69.7 Å². The van der Waals surface area contributed by atoms with Crippen LogP contribution >= 0.6 is 0 Å². The average molecular weight is 816 g/mol. The molecule has 5 heterocycles. The fourth-order valence-corrected chi connectivity index (χ4v) is 7.48. The minimum absolute atomic E-state index is 0.0189. The van der Waals surface area contributed by atoms with E-state index in [0.29, 0.717) is 63.2 Å². The van der Waals surface area contributed by atoms with Gasteiger partial charge in [-0.15, -0.1) is 0 Å². The van der Waals surface area contributed by atoms with E-state index in [4.69, 9.17) is 0 Å². The summed E-state index contributed by atoms with van der Waals surface area (Å²) in [5, 5.41) is 12.5. The first kappa shape index (κ1) is 41.1. The number of nitrogens with one attached hydrogen (secondary N) is 4. The number of nitrogens with zero attached hydrogens (tertiary/aromatic N) is 3. The summed E-state index contributed by atoms with van der Waals surface area (Å²) in [4.78, 5) is 72.8. The number of piperidine rings is 1. The highest BCUT2D eigenvalue weighted by Crippen LogP contribution is 2.41. The van der Waals surface area contributed by atoms with Crippen molar-refractivity contribution in [1.29, 1.82) is 0 Å². The van der Waals surface area contributed by atoms with Crippen molar-refractivity contribution in [2.45, 2.75) is 64.7 Å². The number of anilines is 2. The largest absolute Gasteiger partial charge is 0.393 e. The van der Waals surface area contributed by atoms with Crippen molar-refractivity contribution in [3.63, 3.8) is 0 Å². The Hall–Kier alpha value is -7.08. The summed E-state index contributed by atoms with van der Waals surface area (Å²) in [5.41, 5.74) is 5.26. The van der Waals surface area contributed by atoms with Gasteiger partial charge in [0.25, 0.3) is 11.8 Å². The van der Waals surface area contributed by atoms with Crippen LogP contribution in [0.15, 0.2) is 79.1 Å². The fourth-order valence-electron chi connectivity index (χ4n) is 7.48. The molecule has 12 nitrogen and oxygen atoms in total. The number of pyridine rings is 2. The lowest BCUT2D eigenvalue weighted by Crippen LogP contribution is -2.52. The molecule has 0 radical (unpaired) electrons. The molecule has 0 aliphatic carbocycles. The number of hydrogen-bond donors (Lipinski definition) is 4. The number of halogens is 3. The molecular weight excluding hydrogens is 776 g/mol. The lowest BCUT2D eigenvalue weighted by Gasteiger charge is -2.29. The van der Waals surface area contributed by atoms with Gasteiger partial charge in [-0.3, -0.25) is 39.3 Å². The monoisotopic (exact) mass is 815 g/mol. The molecular formula is C45H40F3N7O5. The Balaban J connectivity index is 0.00000268. The second-order valence-electron chi connectivity index (χ2n) is 14.2. The number of aromatic nitrogens is 2. The van der Waals surface area contributed by atoms with Gasteiger partial charge in [0.1, 0.15) is 11.7 Å².